The topological polar surface area (TPSA) is 96.0 Å². The van der Waals surface area contributed by atoms with Crippen LogP contribution in [-0.4, -0.2) is 50.3 Å². The maximum atomic E-state index is 14.0. The van der Waals surface area contributed by atoms with Crippen LogP contribution in [0.15, 0.2) is 102 Å². The number of amides is 2. The second-order valence-electron chi connectivity index (χ2n) is 10.0. The fourth-order valence-corrected chi connectivity index (χ4v) is 6.77. The van der Waals surface area contributed by atoms with E-state index in [1.54, 1.807) is 42.5 Å². The number of nitrogens with zero attached hydrogens (tertiary/aromatic N) is 2. The largest absolute Gasteiger partial charge is 0.477 e. The van der Waals surface area contributed by atoms with Gasteiger partial charge in [-0.1, -0.05) is 83.3 Å². The number of fused-ring (bicyclic) bond motifs is 1. The lowest BCUT2D eigenvalue weighted by molar-refractivity contribution is -0.128. The normalized spacial score (nSPS) is 14.5. The minimum Gasteiger partial charge on any atom is -0.477 e. The van der Waals surface area contributed by atoms with Gasteiger partial charge in [-0.2, -0.15) is 4.31 Å². The standard InChI is InChI=1S/C32H28Cl3N3O5S/c33-23-13-15-24(16-14-23)44(41,42)37(19-25-26(34)9-6-10-27(25)35)21-31(39)38-20-30(43-29-12-5-4-11-28(29)38)32(40)36-18-17-22-7-2-1-3-8-22/h1-16,30H,17-21H2,(H,36,40). The van der Waals surface area contributed by atoms with Gasteiger partial charge in [0.15, 0.2) is 6.10 Å². The number of ether oxygens (including phenoxy) is 1. The van der Waals surface area contributed by atoms with Gasteiger partial charge in [0.2, 0.25) is 15.9 Å². The summed E-state index contributed by atoms with van der Waals surface area (Å²) in [5.74, 6) is -0.623. The number of rotatable bonds is 10. The van der Waals surface area contributed by atoms with Gasteiger partial charge in [-0.05, 0) is 60.5 Å². The van der Waals surface area contributed by atoms with E-state index in [2.05, 4.69) is 5.32 Å². The van der Waals surface area contributed by atoms with E-state index < -0.39 is 28.6 Å². The fraction of sp³-hybridized carbons (Fsp3) is 0.188. The first-order chi connectivity index (χ1) is 21.1. The third-order valence-electron chi connectivity index (χ3n) is 7.08. The number of para-hydroxylation sites is 2. The zero-order chi connectivity index (χ0) is 31.3. The van der Waals surface area contributed by atoms with Crippen LogP contribution in [0.4, 0.5) is 5.69 Å². The molecule has 228 valence electrons. The molecule has 0 aliphatic carbocycles. The SMILES string of the molecule is O=C(NCCc1ccccc1)C1CN(C(=O)CN(Cc2c(Cl)cccc2Cl)S(=O)(=O)c2ccc(Cl)cc2)c2ccccc2O1. The molecule has 0 saturated carbocycles. The third-order valence-corrected chi connectivity index (χ3v) is 9.85. The predicted molar refractivity (Wildman–Crippen MR) is 172 cm³/mol. The lowest BCUT2D eigenvalue weighted by Crippen LogP contribution is -2.53. The lowest BCUT2D eigenvalue weighted by atomic mass is 10.1. The molecule has 0 bridgehead atoms. The maximum absolute atomic E-state index is 14.0. The van der Waals surface area contributed by atoms with E-state index in [-0.39, 0.29) is 33.9 Å². The number of halogens is 3. The first kappa shape index (κ1) is 31.8. The van der Waals surface area contributed by atoms with Crippen LogP contribution < -0.4 is 15.0 Å². The van der Waals surface area contributed by atoms with Crippen LogP contribution in [0.1, 0.15) is 11.1 Å². The molecule has 1 aliphatic heterocycles. The van der Waals surface area contributed by atoms with Gasteiger partial charge in [0.1, 0.15) is 5.75 Å². The van der Waals surface area contributed by atoms with Gasteiger partial charge in [-0.15, -0.1) is 0 Å². The fourth-order valence-electron chi connectivity index (χ4n) is 4.77. The molecule has 1 unspecified atom stereocenters. The van der Waals surface area contributed by atoms with E-state index in [0.717, 1.165) is 9.87 Å². The van der Waals surface area contributed by atoms with Gasteiger partial charge in [0.25, 0.3) is 5.91 Å². The Morgan fingerprint density at radius 1 is 0.864 bits per heavy atom. The number of benzene rings is 4. The first-order valence-corrected chi connectivity index (χ1v) is 16.3. The van der Waals surface area contributed by atoms with Crippen LogP contribution in [0.5, 0.6) is 5.75 Å². The summed E-state index contributed by atoms with van der Waals surface area (Å²) >= 11 is 18.8. The highest BCUT2D eigenvalue weighted by Gasteiger charge is 2.36. The Morgan fingerprint density at radius 3 is 2.23 bits per heavy atom. The molecule has 0 radical (unpaired) electrons. The number of hydrogen-bond acceptors (Lipinski definition) is 5. The number of carbonyl (C=O) groups excluding carboxylic acids is 2. The summed E-state index contributed by atoms with van der Waals surface area (Å²) in [5, 5.41) is 3.75. The number of carbonyl (C=O) groups is 2. The number of hydrogen-bond donors (Lipinski definition) is 1. The Labute approximate surface area is 271 Å². The smallest absolute Gasteiger partial charge is 0.262 e. The average Bonchev–Trinajstić information content (AvgIpc) is 3.02. The second kappa shape index (κ2) is 14.0. The molecule has 0 saturated heterocycles. The predicted octanol–water partition coefficient (Wildman–Crippen LogP) is 5.99. The van der Waals surface area contributed by atoms with Gasteiger partial charge in [0, 0.05) is 33.7 Å². The van der Waals surface area contributed by atoms with Crippen LogP contribution in [0, 0.1) is 0 Å². The molecule has 1 heterocycles. The molecule has 0 aromatic heterocycles. The van der Waals surface area contributed by atoms with Crippen molar-refractivity contribution in [3.8, 4) is 5.75 Å². The Kier molecular flexibility index (Phi) is 10.1. The second-order valence-corrected chi connectivity index (χ2v) is 13.2. The Balaban J connectivity index is 1.40. The van der Waals surface area contributed by atoms with Gasteiger partial charge in [-0.25, -0.2) is 8.42 Å². The molecular formula is C32H28Cl3N3O5S. The molecule has 4 aromatic carbocycles. The summed E-state index contributed by atoms with van der Waals surface area (Å²) in [4.78, 5) is 28.4. The van der Waals surface area contributed by atoms with E-state index in [1.165, 1.54) is 29.2 Å². The summed E-state index contributed by atoms with van der Waals surface area (Å²) in [6.07, 6.45) is -0.385. The van der Waals surface area contributed by atoms with Crippen molar-refractivity contribution in [2.45, 2.75) is 24.0 Å². The molecule has 2 amide bonds. The molecule has 0 fully saturated rings. The van der Waals surface area contributed by atoms with E-state index in [1.807, 2.05) is 30.3 Å². The molecule has 5 rings (SSSR count). The van der Waals surface area contributed by atoms with E-state index >= 15 is 0 Å². The molecule has 4 aromatic rings. The van der Waals surface area contributed by atoms with Crippen molar-refractivity contribution in [2.75, 3.05) is 24.5 Å². The van der Waals surface area contributed by atoms with Crippen molar-refractivity contribution >= 4 is 62.3 Å². The maximum Gasteiger partial charge on any atom is 0.262 e. The van der Waals surface area contributed by atoms with Crippen LogP contribution in [0.25, 0.3) is 0 Å². The summed E-state index contributed by atoms with van der Waals surface area (Å²) in [6.45, 7) is -0.577. The molecule has 1 N–H and O–H groups in total. The summed E-state index contributed by atoms with van der Waals surface area (Å²) in [7, 11) is -4.23. The van der Waals surface area contributed by atoms with Crippen molar-refractivity contribution in [1.29, 1.82) is 0 Å². The number of anilines is 1. The highest BCUT2D eigenvalue weighted by molar-refractivity contribution is 7.89. The molecular weight excluding hydrogens is 645 g/mol. The Bertz CT molecular complexity index is 1730. The summed E-state index contributed by atoms with van der Waals surface area (Å²) in [6, 6.07) is 27.0. The van der Waals surface area contributed by atoms with Crippen molar-refractivity contribution in [1.82, 2.24) is 9.62 Å². The Morgan fingerprint density at radius 2 is 1.52 bits per heavy atom. The van der Waals surface area contributed by atoms with Crippen molar-refractivity contribution in [3.63, 3.8) is 0 Å². The van der Waals surface area contributed by atoms with E-state index in [4.69, 9.17) is 39.5 Å². The van der Waals surface area contributed by atoms with E-state index in [9.17, 15) is 18.0 Å². The highest BCUT2D eigenvalue weighted by Crippen LogP contribution is 2.34. The van der Waals surface area contributed by atoms with E-state index in [0.29, 0.717) is 35.0 Å². The van der Waals surface area contributed by atoms with Crippen LogP contribution in [0.2, 0.25) is 15.1 Å². The lowest BCUT2D eigenvalue weighted by Gasteiger charge is -2.35. The minimum absolute atomic E-state index is 0.0593. The molecule has 0 spiro atoms. The molecule has 1 atom stereocenters. The van der Waals surface area contributed by atoms with Gasteiger partial charge >= 0.3 is 0 Å². The number of nitrogens with one attached hydrogen (secondary N) is 1. The highest BCUT2D eigenvalue weighted by atomic mass is 35.5. The summed E-state index contributed by atoms with van der Waals surface area (Å²) < 4.78 is 34.7. The number of sulfonamides is 1. The van der Waals surface area contributed by atoms with Crippen molar-refractivity contribution in [3.05, 3.63) is 123 Å². The van der Waals surface area contributed by atoms with Crippen LogP contribution in [0.3, 0.4) is 0 Å². The quantitative estimate of drug-likeness (QED) is 0.223. The van der Waals surface area contributed by atoms with Crippen LogP contribution >= 0.6 is 34.8 Å². The zero-order valence-corrected chi connectivity index (χ0v) is 26.4. The van der Waals surface area contributed by atoms with Gasteiger partial charge < -0.3 is 15.0 Å². The minimum atomic E-state index is -4.23. The Hall–Kier alpha value is -3.60. The first-order valence-electron chi connectivity index (χ1n) is 13.7. The molecule has 8 nitrogen and oxygen atoms in total. The average molecular weight is 673 g/mol. The van der Waals surface area contributed by atoms with Crippen LogP contribution in [-0.2, 0) is 32.6 Å². The monoisotopic (exact) mass is 671 g/mol. The van der Waals surface area contributed by atoms with Crippen molar-refractivity contribution in [2.24, 2.45) is 0 Å². The molecule has 1 aliphatic rings. The molecule has 12 heteroatoms. The van der Waals surface area contributed by atoms with Gasteiger partial charge in [0.05, 0.1) is 23.7 Å². The van der Waals surface area contributed by atoms with Gasteiger partial charge in [-0.3, -0.25) is 9.59 Å². The molecule has 44 heavy (non-hydrogen) atoms. The third kappa shape index (κ3) is 7.36. The zero-order valence-electron chi connectivity index (χ0n) is 23.3. The summed E-state index contributed by atoms with van der Waals surface area (Å²) in [5.41, 5.74) is 1.84. The van der Waals surface area contributed by atoms with Crippen molar-refractivity contribution < 1.29 is 22.7 Å².